The van der Waals surface area contributed by atoms with Gasteiger partial charge in [0.1, 0.15) is 11.5 Å². The quantitative estimate of drug-likeness (QED) is 0.556. The number of anilines is 1. The largest absolute Gasteiger partial charge is 0.496 e. The molecule has 194 valence electrons. The Balaban J connectivity index is 2.25. The fourth-order valence-corrected chi connectivity index (χ4v) is 5.21. The maximum absolute atomic E-state index is 14.2. The summed E-state index contributed by atoms with van der Waals surface area (Å²) in [6.45, 7) is 11.4. The number of carbonyl (C=O) groups is 3. The third kappa shape index (κ3) is 4.64. The number of carboxylic acid groups (broad SMARTS) is 1. The van der Waals surface area contributed by atoms with Crippen LogP contribution in [-0.4, -0.2) is 42.1 Å². The summed E-state index contributed by atoms with van der Waals surface area (Å²) in [5.74, 6) is -1.95. The lowest BCUT2D eigenvalue weighted by Gasteiger charge is -2.39. The predicted octanol–water partition coefficient (Wildman–Crippen LogP) is 4.49. The first-order chi connectivity index (χ1) is 16.7. The van der Waals surface area contributed by atoms with Crippen LogP contribution >= 0.6 is 0 Å². The van der Waals surface area contributed by atoms with Gasteiger partial charge in [-0.15, -0.1) is 0 Å². The molecule has 0 saturated heterocycles. The Hall–Kier alpha value is -3.55. The van der Waals surface area contributed by atoms with E-state index < -0.39 is 29.2 Å². The standard InChI is InChI=1S/C28H36N2O6/c1-16(2)14-28(26(33)34)17(3)24-20(9-8-10-21(24)36-15-23(29)31)30(28)25(32)18-11-12-19(27(4,5)6)22(13-18)35-7/h8-13,16-17H,14-15H2,1-7H3,(H2,29,31)(H,33,34). The van der Waals surface area contributed by atoms with E-state index in [4.69, 9.17) is 15.2 Å². The average Bonchev–Trinajstić information content (AvgIpc) is 3.05. The number of nitrogens with zero attached hydrogens (tertiary/aromatic N) is 1. The van der Waals surface area contributed by atoms with Gasteiger partial charge >= 0.3 is 5.97 Å². The molecule has 1 aliphatic rings. The van der Waals surface area contributed by atoms with Gasteiger partial charge in [0.25, 0.3) is 11.8 Å². The van der Waals surface area contributed by atoms with E-state index in [-0.39, 0.29) is 24.4 Å². The van der Waals surface area contributed by atoms with Crippen molar-refractivity contribution in [3.05, 3.63) is 53.1 Å². The molecular formula is C28H36N2O6. The van der Waals surface area contributed by atoms with Crippen molar-refractivity contribution in [3.8, 4) is 11.5 Å². The third-order valence-electron chi connectivity index (χ3n) is 6.75. The topological polar surface area (TPSA) is 119 Å². The average molecular weight is 497 g/mol. The smallest absolute Gasteiger partial charge is 0.330 e. The molecule has 0 saturated carbocycles. The summed E-state index contributed by atoms with van der Waals surface area (Å²) in [5, 5.41) is 10.6. The van der Waals surface area contributed by atoms with Crippen LogP contribution in [0.5, 0.6) is 11.5 Å². The van der Waals surface area contributed by atoms with Crippen LogP contribution in [-0.2, 0) is 15.0 Å². The summed E-state index contributed by atoms with van der Waals surface area (Å²) in [4.78, 5) is 40.0. The van der Waals surface area contributed by atoms with Gasteiger partial charge in [-0.05, 0) is 47.6 Å². The highest BCUT2D eigenvalue weighted by Crippen LogP contribution is 2.54. The fourth-order valence-electron chi connectivity index (χ4n) is 5.21. The van der Waals surface area contributed by atoms with Crippen molar-refractivity contribution < 1.29 is 29.0 Å². The van der Waals surface area contributed by atoms with Crippen LogP contribution in [0.4, 0.5) is 5.69 Å². The first kappa shape index (κ1) is 27.0. The van der Waals surface area contributed by atoms with Crippen molar-refractivity contribution >= 4 is 23.5 Å². The lowest BCUT2D eigenvalue weighted by Crippen LogP contribution is -2.57. The van der Waals surface area contributed by atoms with E-state index in [1.165, 1.54) is 4.90 Å². The number of amides is 2. The van der Waals surface area contributed by atoms with Crippen LogP contribution in [0.1, 0.15) is 75.4 Å². The number of methoxy groups -OCH3 is 1. The van der Waals surface area contributed by atoms with Crippen LogP contribution in [0.25, 0.3) is 0 Å². The van der Waals surface area contributed by atoms with Crippen molar-refractivity contribution in [3.63, 3.8) is 0 Å². The van der Waals surface area contributed by atoms with Gasteiger partial charge in [-0.3, -0.25) is 14.5 Å². The van der Waals surface area contributed by atoms with Gasteiger partial charge in [-0.25, -0.2) is 4.79 Å². The second kappa shape index (κ2) is 9.84. The number of hydrogen-bond acceptors (Lipinski definition) is 5. The molecule has 0 aliphatic carbocycles. The van der Waals surface area contributed by atoms with E-state index in [2.05, 4.69) is 20.8 Å². The molecule has 1 heterocycles. The van der Waals surface area contributed by atoms with Crippen molar-refractivity contribution in [1.29, 1.82) is 0 Å². The number of nitrogens with two attached hydrogens (primary N) is 1. The summed E-state index contributed by atoms with van der Waals surface area (Å²) in [6.07, 6.45) is 0.219. The molecule has 2 atom stereocenters. The number of benzene rings is 2. The summed E-state index contributed by atoms with van der Waals surface area (Å²) < 4.78 is 11.3. The molecule has 1 aliphatic heterocycles. The van der Waals surface area contributed by atoms with Crippen molar-refractivity contribution in [2.45, 2.75) is 64.8 Å². The van der Waals surface area contributed by atoms with Crippen LogP contribution in [0.3, 0.4) is 0 Å². The summed E-state index contributed by atoms with van der Waals surface area (Å²) in [7, 11) is 1.55. The Morgan fingerprint density at radius 2 is 1.81 bits per heavy atom. The molecule has 0 spiro atoms. The molecular weight excluding hydrogens is 460 g/mol. The monoisotopic (exact) mass is 496 g/mol. The Kier molecular flexibility index (Phi) is 7.39. The zero-order chi connectivity index (χ0) is 27.0. The summed E-state index contributed by atoms with van der Waals surface area (Å²) in [5.41, 5.74) is 5.76. The maximum Gasteiger partial charge on any atom is 0.330 e. The van der Waals surface area contributed by atoms with E-state index in [1.807, 2.05) is 19.9 Å². The van der Waals surface area contributed by atoms with Gasteiger partial charge < -0.3 is 20.3 Å². The maximum atomic E-state index is 14.2. The first-order valence-corrected chi connectivity index (χ1v) is 12.1. The number of hydrogen-bond donors (Lipinski definition) is 2. The zero-order valence-electron chi connectivity index (χ0n) is 22.0. The second-order valence-electron chi connectivity index (χ2n) is 10.8. The van der Waals surface area contributed by atoms with E-state index in [9.17, 15) is 19.5 Å². The molecule has 0 fully saturated rings. The molecule has 2 amide bonds. The number of fused-ring (bicyclic) bond motifs is 1. The summed E-state index contributed by atoms with van der Waals surface area (Å²) >= 11 is 0. The molecule has 0 bridgehead atoms. The molecule has 0 aromatic heterocycles. The van der Waals surface area contributed by atoms with Crippen molar-refractivity contribution in [1.82, 2.24) is 0 Å². The molecule has 2 aromatic rings. The number of carbonyl (C=O) groups excluding carboxylic acids is 2. The molecule has 3 rings (SSSR count). The molecule has 3 N–H and O–H groups in total. The van der Waals surface area contributed by atoms with Gasteiger partial charge in [-0.2, -0.15) is 0 Å². The van der Waals surface area contributed by atoms with Crippen LogP contribution in [0.2, 0.25) is 0 Å². The normalized spacial score (nSPS) is 19.2. The number of rotatable bonds is 8. The Labute approximate surface area is 212 Å². The minimum atomic E-state index is -1.56. The number of aliphatic carboxylic acids is 1. The zero-order valence-corrected chi connectivity index (χ0v) is 22.0. The predicted molar refractivity (Wildman–Crippen MR) is 138 cm³/mol. The van der Waals surface area contributed by atoms with Crippen LogP contribution in [0.15, 0.2) is 36.4 Å². The van der Waals surface area contributed by atoms with Gasteiger partial charge in [0, 0.05) is 17.0 Å². The van der Waals surface area contributed by atoms with Crippen LogP contribution in [0, 0.1) is 5.92 Å². The van der Waals surface area contributed by atoms with E-state index in [1.54, 1.807) is 44.4 Å². The highest BCUT2D eigenvalue weighted by Gasteiger charge is 2.58. The number of primary amides is 1. The molecule has 2 aromatic carbocycles. The van der Waals surface area contributed by atoms with Gasteiger partial charge in [0.05, 0.1) is 12.8 Å². The summed E-state index contributed by atoms with van der Waals surface area (Å²) in [6, 6.07) is 10.3. The van der Waals surface area contributed by atoms with E-state index in [0.717, 1.165) is 5.56 Å². The minimum Gasteiger partial charge on any atom is -0.496 e. The third-order valence-corrected chi connectivity index (χ3v) is 6.75. The van der Waals surface area contributed by atoms with Gasteiger partial charge in [0.15, 0.2) is 12.1 Å². The molecule has 2 unspecified atom stereocenters. The number of carboxylic acids is 1. The van der Waals surface area contributed by atoms with Crippen molar-refractivity contribution in [2.24, 2.45) is 11.7 Å². The Bertz CT molecular complexity index is 1180. The fraction of sp³-hybridized carbons (Fsp3) is 0.464. The lowest BCUT2D eigenvalue weighted by atomic mass is 9.77. The molecule has 0 radical (unpaired) electrons. The molecule has 8 heteroatoms. The molecule has 36 heavy (non-hydrogen) atoms. The first-order valence-electron chi connectivity index (χ1n) is 12.1. The van der Waals surface area contributed by atoms with E-state index >= 15 is 0 Å². The van der Waals surface area contributed by atoms with Gasteiger partial charge in [0.2, 0.25) is 0 Å². The minimum absolute atomic E-state index is 0.0269. The number of ether oxygens (including phenoxy) is 2. The Morgan fingerprint density at radius 1 is 1.14 bits per heavy atom. The van der Waals surface area contributed by atoms with Crippen LogP contribution < -0.4 is 20.1 Å². The molecule has 8 nitrogen and oxygen atoms in total. The van der Waals surface area contributed by atoms with Gasteiger partial charge in [-0.1, -0.05) is 53.7 Å². The lowest BCUT2D eigenvalue weighted by molar-refractivity contribution is -0.144. The van der Waals surface area contributed by atoms with Crippen molar-refractivity contribution in [2.75, 3.05) is 18.6 Å². The Morgan fingerprint density at radius 3 is 2.33 bits per heavy atom. The highest BCUT2D eigenvalue weighted by atomic mass is 16.5. The van der Waals surface area contributed by atoms with E-state index in [0.29, 0.717) is 28.3 Å². The SMILES string of the molecule is COc1cc(C(=O)N2c3cccc(OCC(N)=O)c3C(C)C2(CC(C)C)C(=O)O)ccc1C(C)(C)C. The highest BCUT2D eigenvalue weighted by molar-refractivity contribution is 6.13. The second-order valence-corrected chi connectivity index (χ2v) is 10.8.